The van der Waals surface area contributed by atoms with E-state index in [0.717, 1.165) is 12.1 Å². The minimum Gasteiger partial charge on any atom is -0.364 e. The molecule has 30 heavy (non-hydrogen) atoms. The van der Waals surface area contributed by atoms with Crippen LogP contribution in [-0.4, -0.2) is 23.5 Å². The standard InChI is InChI=1S/C20H14F3N3O3S/c1-12-8-13(20(21,22)23)2-4-16(12)19-17-5-3-15(9-18(17)24-11-25-19)30(27,28)10-14-6-7-29-26-14/h2-9,11H,10H2,1H3. The fourth-order valence-corrected chi connectivity index (χ4v) is 4.41. The highest BCUT2D eigenvalue weighted by Crippen LogP contribution is 2.34. The molecule has 2 aromatic heterocycles. The van der Waals surface area contributed by atoms with E-state index in [9.17, 15) is 21.6 Å². The van der Waals surface area contributed by atoms with Gasteiger partial charge in [-0.2, -0.15) is 13.2 Å². The van der Waals surface area contributed by atoms with E-state index < -0.39 is 21.6 Å². The molecule has 0 fully saturated rings. The highest BCUT2D eigenvalue weighted by Gasteiger charge is 2.31. The zero-order valence-corrected chi connectivity index (χ0v) is 16.3. The van der Waals surface area contributed by atoms with Crippen molar-refractivity contribution in [3.05, 3.63) is 71.9 Å². The van der Waals surface area contributed by atoms with Crippen molar-refractivity contribution in [1.29, 1.82) is 0 Å². The van der Waals surface area contributed by atoms with Crippen molar-refractivity contribution in [3.8, 4) is 11.3 Å². The van der Waals surface area contributed by atoms with E-state index >= 15 is 0 Å². The Labute approximate surface area is 169 Å². The second-order valence-corrected chi connectivity index (χ2v) is 8.67. The van der Waals surface area contributed by atoms with Gasteiger partial charge in [-0.05, 0) is 42.8 Å². The molecule has 0 aliphatic carbocycles. The van der Waals surface area contributed by atoms with Gasteiger partial charge in [0.05, 0.1) is 27.4 Å². The first kappa shape index (κ1) is 20.0. The third kappa shape index (κ3) is 3.78. The molecule has 0 amide bonds. The summed E-state index contributed by atoms with van der Waals surface area (Å²) in [6.45, 7) is 1.56. The van der Waals surface area contributed by atoms with Crippen molar-refractivity contribution in [2.24, 2.45) is 0 Å². The monoisotopic (exact) mass is 433 g/mol. The molecule has 0 saturated carbocycles. The number of aryl methyl sites for hydroxylation is 1. The number of nitrogens with zero attached hydrogens (tertiary/aromatic N) is 3. The summed E-state index contributed by atoms with van der Waals surface area (Å²) in [6.07, 6.45) is -1.90. The van der Waals surface area contributed by atoms with Crippen molar-refractivity contribution in [1.82, 2.24) is 15.1 Å². The number of fused-ring (bicyclic) bond motifs is 1. The Hall–Kier alpha value is -3.27. The van der Waals surface area contributed by atoms with Crippen LogP contribution in [0.5, 0.6) is 0 Å². The molecule has 0 aliphatic rings. The Balaban J connectivity index is 1.77. The number of rotatable bonds is 4. The zero-order chi connectivity index (χ0) is 21.5. The van der Waals surface area contributed by atoms with Crippen molar-refractivity contribution < 1.29 is 26.1 Å². The molecular formula is C20H14F3N3O3S. The number of sulfone groups is 1. The lowest BCUT2D eigenvalue weighted by Crippen LogP contribution is -2.06. The van der Waals surface area contributed by atoms with Crippen LogP contribution >= 0.6 is 0 Å². The number of hydrogen-bond donors (Lipinski definition) is 0. The van der Waals surface area contributed by atoms with Gasteiger partial charge in [-0.3, -0.25) is 0 Å². The summed E-state index contributed by atoms with van der Waals surface area (Å²) < 4.78 is 68.8. The van der Waals surface area contributed by atoms with Gasteiger partial charge in [0.15, 0.2) is 9.84 Å². The summed E-state index contributed by atoms with van der Waals surface area (Å²) in [5.41, 5.74) is 1.22. The lowest BCUT2D eigenvalue weighted by atomic mass is 9.99. The van der Waals surface area contributed by atoms with Gasteiger partial charge in [0, 0.05) is 17.0 Å². The maximum atomic E-state index is 13.0. The van der Waals surface area contributed by atoms with Crippen LogP contribution < -0.4 is 0 Å². The van der Waals surface area contributed by atoms with E-state index in [2.05, 4.69) is 19.6 Å². The van der Waals surface area contributed by atoms with Crippen LogP contribution in [0.15, 0.2) is 64.5 Å². The van der Waals surface area contributed by atoms with Crippen molar-refractivity contribution in [2.45, 2.75) is 23.7 Å². The largest absolute Gasteiger partial charge is 0.416 e. The van der Waals surface area contributed by atoms with E-state index in [-0.39, 0.29) is 16.3 Å². The fraction of sp³-hybridized carbons (Fsp3) is 0.150. The molecule has 4 rings (SSSR count). The molecule has 0 unspecified atom stereocenters. The van der Waals surface area contributed by atoms with Crippen LogP contribution in [0.25, 0.3) is 22.2 Å². The first-order chi connectivity index (χ1) is 14.1. The third-order valence-corrected chi connectivity index (χ3v) is 6.25. The van der Waals surface area contributed by atoms with Crippen LogP contribution in [0.2, 0.25) is 0 Å². The minimum absolute atomic E-state index is 0.0480. The first-order valence-electron chi connectivity index (χ1n) is 8.70. The normalized spacial score (nSPS) is 12.4. The van der Waals surface area contributed by atoms with E-state index in [4.69, 9.17) is 0 Å². The lowest BCUT2D eigenvalue weighted by Gasteiger charge is -2.12. The molecular weight excluding hydrogens is 419 g/mol. The number of hydrogen-bond acceptors (Lipinski definition) is 6. The van der Waals surface area contributed by atoms with Gasteiger partial charge in [0.2, 0.25) is 0 Å². The SMILES string of the molecule is Cc1cc(C(F)(F)F)ccc1-c1ncnc2cc(S(=O)(=O)Cc3ccon3)ccc12. The Morgan fingerprint density at radius 1 is 1.03 bits per heavy atom. The summed E-state index contributed by atoms with van der Waals surface area (Å²) in [6, 6.07) is 9.26. The predicted octanol–water partition coefficient (Wildman–Crippen LogP) is 4.59. The molecule has 6 nitrogen and oxygen atoms in total. The first-order valence-corrected chi connectivity index (χ1v) is 10.4. The Bertz CT molecular complexity index is 1330. The number of benzene rings is 2. The molecule has 0 aliphatic heterocycles. The highest BCUT2D eigenvalue weighted by atomic mass is 32.2. The smallest absolute Gasteiger partial charge is 0.364 e. The van der Waals surface area contributed by atoms with E-state index in [0.29, 0.717) is 27.7 Å². The molecule has 10 heteroatoms. The second-order valence-electron chi connectivity index (χ2n) is 6.68. The molecule has 2 heterocycles. The molecule has 154 valence electrons. The molecule has 0 bridgehead atoms. The van der Waals surface area contributed by atoms with Crippen molar-refractivity contribution in [2.75, 3.05) is 0 Å². The van der Waals surface area contributed by atoms with Gasteiger partial charge in [-0.1, -0.05) is 11.2 Å². The summed E-state index contributed by atoms with van der Waals surface area (Å²) >= 11 is 0. The predicted molar refractivity (Wildman–Crippen MR) is 102 cm³/mol. The number of aromatic nitrogens is 3. The Kier molecular flexibility index (Phi) is 4.81. The summed E-state index contributed by atoms with van der Waals surface area (Å²) in [7, 11) is -3.69. The second kappa shape index (κ2) is 7.21. The lowest BCUT2D eigenvalue weighted by molar-refractivity contribution is -0.137. The topological polar surface area (TPSA) is 86.0 Å². The fourth-order valence-electron chi connectivity index (χ4n) is 3.14. The molecule has 0 atom stereocenters. The molecule has 4 aromatic rings. The summed E-state index contributed by atoms with van der Waals surface area (Å²) in [5.74, 6) is -0.328. The average Bonchev–Trinajstić information content (AvgIpc) is 3.18. The van der Waals surface area contributed by atoms with E-state index in [1.54, 1.807) is 13.0 Å². The molecule has 0 spiro atoms. The van der Waals surface area contributed by atoms with Crippen LogP contribution in [0, 0.1) is 6.92 Å². The van der Waals surface area contributed by atoms with Crippen LogP contribution in [0.3, 0.4) is 0 Å². The van der Waals surface area contributed by atoms with Crippen molar-refractivity contribution in [3.63, 3.8) is 0 Å². The molecule has 0 saturated heterocycles. The van der Waals surface area contributed by atoms with Gasteiger partial charge in [0.25, 0.3) is 0 Å². The quantitative estimate of drug-likeness (QED) is 0.468. The van der Waals surface area contributed by atoms with Crippen LogP contribution in [0.1, 0.15) is 16.8 Å². The van der Waals surface area contributed by atoms with E-state index in [1.165, 1.54) is 36.9 Å². The molecule has 0 N–H and O–H groups in total. The minimum atomic E-state index is -4.44. The van der Waals surface area contributed by atoms with Gasteiger partial charge >= 0.3 is 6.18 Å². The maximum Gasteiger partial charge on any atom is 0.416 e. The van der Waals surface area contributed by atoms with Crippen LogP contribution in [0.4, 0.5) is 13.2 Å². The summed E-state index contributed by atoms with van der Waals surface area (Å²) in [5, 5.41) is 4.15. The van der Waals surface area contributed by atoms with Crippen molar-refractivity contribution >= 4 is 20.7 Å². The summed E-state index contributed by atoms with van der Waals surface area (Å²) in [4.78, 5) is 8.40. The Morgan fingerprint density at radius 2 is 1.83 bits per heavy atom. The van der Waals surface area contributed by atoms with Gasteiger partial charge in [-0.15, -0.1) is 0 Å². The number of halogens is 3. The van der Waals surface area contributed by atoms with Gasteiger partial charge < -0.3 is 4.52 Å². The van der Waals surface area contributed by atoms with Crippen LogP contribution in [-0.2, 0) is 21.8 Å². The highest BCUT2D eigenvalue weighted by molar-refractivity contribution is 7.90. The maximum absolute atomic E-state index is 13.0. The van der Waals surface area contributed by atoms with Gasteiger partial charge in [-0.25, -0.2) is 18.4 Å². The molecule has 0 radical (unpaired) electrons. The average molecular weight is 433 g/mol. The third-order valence-electron chi connectivity index (χ3n) is 4.61. The zero-order valence-electron chi connectivity index (χ0n) is 15.5. The van der Waals surface area contributed by atoms with Gasteiger partial charge in [0.1, 0.15) is 18.3 Å². The number of alkyl halides is 3. The Morgan fingerprint density at radius 3 is 2.50 bits per heavy atom. The van der Waals surface area contributed by atoms with E-state index in [1.807, 2.05) is 0 Å². The molecule has 2 aromatic carbocycles.